The molecule has 0 aliphatic rings. The predicted octanol–water partition coefficient (Wildman–Crippen LogP) is 4.25. The summed E-state index contributed by atoms with van der Waals surface area (Å²) in [7, 11) is 0. The van der Waals surface area contributed by atoms with E-state index < -0.39 is 0 Å². The molecule has 124 valence electrons. The van der Waals surface area contributed by atoms with Gasteiger partial charge in [0.2, 0.25) is 0 Å². The summed E-state index contributed by atoms with van der Waals surface area (Å²) in [6.07, 6.45) is 3.11. The number of aliphatic hydroxyl groups excluding tert-OH is 1. The van der Waals surface area contributed by atoms with E-state index in [2.05, 4.69) is 36.1 Å². The molecule has 0 saturated carbocycles. The summed E-state index contributed by atoms with van der Waals surface area (Å²) < 4.78 is 5.92. The lowest BCUT2D eigenvalue weighted by Gasteiger charge is -2.25. The number of ether oxygens (including phenoxy) is 1. The van der Waals surface area contributed by atoms with Crippen LogP contribution in [0.1, 0.15) is 31.7 Å². The van der Waals surface area contributed by atoms with Crippen LogP contribution in [0.3, 0.4) is 0 Å². The first-order chi connectivity index (χ1) is 11.3. The third-order valence-corrected chi connectivity index (χ3v) is 3.80. The second-order valence-electron chi connectivity index (χ2n) is 5.69. The Balaban J connectivity index is 2.00. The summed E-state index contributed by atoms with van der Waals surface area (Å²) in [5.74, 6) is 0.886. The number of unbranched alkanes of at least 4 members (excludes halogenated alkanes) is 1. The molecular weight excluding hydrogens is 286 g/mol. The molecule has 0 fully saturated rings. The number of anilines is 1. The van der Waals surface area contributed by atoms with E-state index in [-0.39, 0.29) is 6.61 Å². The highest BCUT2D eigenvalue weighted by Gasteiger charge is 2.07. The zero-order chi connectivity index (χ0) is 16.3. The molecule has 1 N–H and O–H groups in total. The van der Waals surface area contributed by atoms with Crippen molar-refractivity contribution in [3.8, 4) is 5.75 Å². The highest BCUT2D eigenvalue weighted by atomic mass is 16.5. The molecule has 0 radical (unpaired) electrons. The normalized spacial score (nSPS) is 10.5. The Bertz CT molecular complexity index is 549. The maximum Gasteiger partial charge on any atom is 0.121 e. The van der Waals surface area contributed by atoms with Gasteiger partial charge in [0.05, 0.1) is 0 Å². The van der Waals surface area contributed by atoms with Gasteiger partial charge < -0.3 is 14.7 Å². The fraction of sp³-hybridized carbons (Fsp3) is 0.400. The molecule has 0 aliphatic carbocycles. The molecule has 0 heterocycles. The van der Waals surface area contributed by atoms with Crippen LogP contribution in [-0.2, 0) is 6.61 Å². The van der Waals surface area contributed by atoms with Gasteiger partial charge >= 0.3 is 0 Å². The number of rotatable bonds is 10. The fourth-order valence-electron chi connectivity index (χ4n) is 2.49. The summed E-state index contributed by atoms with van der Waals surface area (Å²) in [6, 6.07) is 18.4. The molecule has 0 atom stereocenters. The SMILES string of the molecule is CCCCN(CCCO)c1cccc(OCc2ccccc2)c1. The molecule has 0 aliphatic heterocycles. The number of aliphatic hydroxyl groups is 1. The van der Waals surface area contributed by atoms with Crippen LogP contribution in [0.15, 0.2) is 54.6 Å². The zero-order valence-corrected chi connectivity index (χ0v) is 13.9. The Morgan fingerprint density at radius 3 is 2.48 bits per heavy atom. The van der Waals surface area contributed by atoms with Gasteiger partial charge in [0.1, 0.15) is 12.4 Å². The minimum Gasteiger partial charge on any atom is -0.489 e. The van der Waals surface area contributed by atoms with Crippen molar-refractivity contribution in [1.29, 1.82) is 0 Å². The van der Waals surface area contributed by atoms with Crippen molar-refractivity contribution in [2.24, 2.45) is 0 Å². The van der Waals surface area contributed by atoms with Crippen molar-refractivity contribution in [2.75, 3.05) is 24.6 Å². The number of benzene rings is 2. The highest BCUT2D eigenvalue weighted by molar-refractivity contribution is 5.50. The van der Waals surface area contributed by atoms with Crippen molar-refractivity contribution in [3.05, 3.63) is 60.2 Å². The molecule has 0 unspecified atom stereocenters. The average molecular weight is 313 g/mol. The largest absolute Gasteiger partial charge is 0.489 e. The quantitative estimate of drug-likeness (QED) is 0.711. The van der Waals surface area contributed by atoms with Gasteiger partial charge in [0, 0.05) is 31.5 Å². The van der Waals surface area contributed by atoms with Crippen molar-refractivity contribution >= 4 is 5.69 Å². The molecule has 3 heteroatoms. The molecule has 23 heavy (non-hydrogen) atoms. The Kier molecular flexibility index (Phi) is 7.47. The van der Waals surface area contributed by atoms with E-state index >= 15 is 0 Å². The zero-order valence-electron chi connectivity index (χ0n) is 13.9. The lowest BCUT2D eigenvalue weighted by molar-refractivity contribution is 0.289. The van der Waals surface area contributed by atoms with E-state index in [1.54, 1.807) is 0 Å². The first kappa shape index (κ1) is 17.4. The molecule has 0 amide bonds. The first-order valence-corrected chi connectivity index (χ1v) is 8.46. The maximum absolute atomic E-state index is 9.10. The van der Waals surface area contributed by atoms with Gasteiger partial charge in [-0.1, -0.05) is 49.7 Å². The van der Waals surface area contributed by atoms with E-state index in [0.717, 1.165) is 37.4 Å². The van der Waals surface area contributed by atoms with Gasteiger partial charge in [-0.25, -0.2) is 0 Å². The van der Waals surface area contributed by atoms with Gasteiger partial charge in [0.15, 0.2) is 0 Å². The van der Waals surface area contributed by atoms with Crippen LogP contribution < -0.4 is 9.64 Å². The lowest BCUT2D eigenvalue weighted by atomic mass is 10.2. The lowest BCUT2D eigenvalue weighted by Crippen LogP contribution is -2.26. The average Bonchev–Trinajstić information content (AvgIpc) is 2.61. The third-order valence-electron chi connectivity index (χ3n) is 3.80. The molecule has 0 aromatic heterocycles. The third kappa shape index (κ3) is 5.95. The van der Waals surface area contributed by atoms with Crippen LogP contribution >= 0.6 is 0 Å². The van der Waals surface area contributed by atoms with Crippen molar-refractivity contribution in [2.45, 2.75) is 32.8 Å². The summed E-state index contributed by atoms with van der Waals surface area (Å²) >= 11 is 0. The van der Waals surface area contributed by atoms with Crippen LogP contribution in [0.5, 0.6) is 5.75 Å². The summed E-state index contributed by atoms with van der Waals surface area (Å²) in [4.78, 5) is 2.33. The number of nitrogens with zero attached hydrogens (tertiary/aromatic N) is 1. The van der Waals surface area contributed by atoms with Crippen molar-refractivity contribution < 1.29 is 9.84 Å². The van der Waals surface area contributed by atoms with Crippen LogP contribution in [-0.4, -0.2) is 24.8 Å². The second-order valence-corrected chi connectivity index (χ2v) is 5.69. The number of hydrogen-bond acceptors (Lipinski definition) is 3. The molecule has 0 bridgehead atoms. The van der Waals surface area contributed by atoms with E-state index in [1.165, 1.54) is 12.0 Å². The molecule has 2 rings (SSSR count). The maximum atomic E-state index is 9.10. The smallest absolute Gasteiger partial charge is 0.121 e. The topological polar surface area (TPSA) is 32.7 Å². The van der Waals surface area contributed by atoms with Gasteiger partial charge in [-0.05, 0) is 30.5 Å². The predicted molar refractivity (Wildman–Crippen MR) is 96.0 cm³/mol. The minimum absolute atomic E-state index is 0.229. The van der Waals surface area contributed by atoms with E-state index in [1.807, 2.05) is 30.3 Å². The molecular formula is C20H27NO2. The van der Waals surface area contributed by atoms with Crippen LogP contribution in [0.2, 0.25) is 0 Å². The molecule has 2 aromatic rings. The van der Waals surface area contributed by atoms with Crippen LogP contribution in [0.25, 0.3) is 0 Å². The summed E-state index contributed by atoms with van der Waals surface area (Å²) in [5.41, 5.74) is 2.33. The molecule has 0 saturated heterocycles. The fourth-order valence-corrected chi connectivity index (χ4v) is 2.49. The Labute approximate surface area is 139 Å². The standard InChI is InChI=1S/C20H27NO2/c1-2-3-13-21(14-8-15-22)19-11-7-12-20(16-19)23-17-18-9-5-4-6-10-18/h4-7,9-12,16,22H,2-3,8,13-15,17H2,1H3. The van der Waals surface area contributed by atoms with E-state index in [4.69, 9.17) is 9.84 Å². The summed E-state index contributed by atoms with van der Waals surface area (Å²) in [5, 5.41) is 9.10. The van der Waals surface area contributed by atoms with E-state index in [0.29, 0.717) is 6.61 Å². The van der Waals surface area contributed by atoms with Crippen molar-refractivity contribution in [1.82, 2.24) is 0 Å². The van der Waals surface area contributed by atoms with Gasteiger partial charge in [-0.3, -0.25) is 0 Å². The summed E-state index contributed by atoms with van der Waals surface area (Å²) in [6.45, 7) is 4.89. The van der Waals surface area contributed by atoms with Gasteiger partial charge in [-0.15, -0.1) is 0 Å². The first-order valence-electron chi connectivity index (χ1n) is 8.46. The number of hydrogen-bond donors (Lipinski definition) is 1. The molecule has 0 spiro atoms. The Hall–Kier alpha value is -2.00. The minimum atomic E-state index is 0.229. The molecule has 2 aromatic carbocycles. The van der Waals surface area contributed by atoms with Crippen LogP contribution in [0, 0.1) is 0 Å². The highest BCUT2D eigenvalue weighted by Crippen LogP contribution is 2.22. The Morgan fingerprint density at radius 2 is 1.74 bits per heavy atom. The molecule has 3 nitrogen and oxygen atoms in total. The van der Waals surface area contributed by atoms with E-state index in [9.17, 15) is 0 Å². The van der Waals surface area contributed by atoms with Gasteiger partial charge in [-0.2, -0.15) is 0 Å². The van der Waals surface area contributed by atoms with Gasteiger partial charge in [0.25, 0.3) is 0 Å². The Morgan fingerprint density at radius 1 is 0.957 bits per heavy atom. The van der Waals surface area contributed by atoms with Crippen LogP contribution in [0.4, 0.5) is 5.69 Å². The monoisotopic (exact) mass is 313 g/mol. The van der Waals surface area contributed by atoms with Crippen molar-refractivity contribution in [3.63, 3.8) is 0 Å². The second kappa shape index (κ2) is 9.90.